The smallest absolute Gasteiger partial charge is 0.257 e. The highest BCUT2D eigenvalue weighted by Gasteiger charge is 2.15. The average Bonchev–Trinajstić information content (AvgIpc) is 2.48. The van der Waals surface area contributed by atoms with Crippen molar-refractivity contribution in [2.45, 2.75) is 6.92 Å². The summed E-state index contributed by atoms with van der Waals surface area (Å²) >= 11 is 12.1. The molecule has 6 heteroatoms. The van der Waals surface area contributed by atoms with Crippen molar-refractivity contribution in [1.29, 1.82) is 0 Å². The van der Waals surface area contributed by atoms with Gasteiger partial charge >= 0.3 is 0 Å². The summed E-state index contributed by atoms with van der Waals surface area (Å²) in [6, 6.07) is 8.40. The molecule has 0 saturated heterocycles. The number of rotatable bonds is 4. The van der Waals surface area contributed by atoms with Crippen molar-refractivity contribution in [3.05, 3.63) is 51.5 Å². The zero-order valence-corrected chi connectivity index (χ0v) is 13.9. The Balaban J connectivity index is 2.35. The maximum absolute atomic E-state index is 12.4. The van der Waals surface area contributed by atoms with Crippen molar-refractivity contribution in [3.8, 4) is 11.5 Å². The van der Waals surface area contributed by atoms with Crippen LogP contribution in [0.2, 0.25) is 10.0 Å². The van der Waals surface area contributed by atoms with Crippen LogP contribution >= 0.6 is 23.2 Å². The molecule has 22 heavy (non-hydrogen) atoms. The van der Waals surface area contributed by atoms with Gasteiger partial charge in [0.25, 0.3) is 5.91 Å². The second-order valence-electron chi connectivity index (χ2n) is 4.62. The first-order valence-corrected chi connectivity index (χ1v) is 7.21. The molecule has 0 heterocycles. The number of hydrogen-bond donors (Lipinski definition) is 1. The standard InChI is InChI=1S/C16H15Cl2NO3/c1-9-4-5-10(11(17)6-9)16(20)19-13-8-14(21-2)12(18)7-15(13)22-3/h4-8H,1-3H3,(H,19,20). The fraction of sp³-hybridized carbons (Fsp3) is 0.188. The maximum Gasteiger partial charge on any atom is 0.257 e. The van der Waals surface area contributed by atoms with E-state index in [2.05, 4.69) is 5.32 Å². The number of nitrogens with one attached hydrogen (secondary N) is 1. The summed E-state index contributed by atoms with van der Waals surface area (Å²) in [4.78, 5) is 12.4. The first-order valence-electron chi connectivity index (χ1n) is 6.45. The molecule has 0 spiro atoms. The van der Waals surface area contributed by atoms with Gasteiger partial charge in [-0.25, -0.2) is 0 Å². The van der Waals surface area contributed by atoms with Gasteiger partial charge in [0.15, 0.2) is 0 Å². The van der Waals surface area contributed by atoms with Gasteiger partial charge in [0.1, 0.15) is 11.5 Å². The summed E-state index contributed by atoms with van der Waals surface area (Å²) in [5.41, 5.74) is 1.81. The van der Waals surface area contributed by atoms with Crippen molar-refractivity contribution in [1.82, 2.24) is 0 Å². The maximum atomic E-state index is 12.4. The number of halogens is 2. The molecule has 0 aliphatic heterocycles. The zero-order chi connectivity index (χ0) is 16.3. The Labute approximate surface area is 138 Å². The predicted molar refractivity (Wildman–Crippen MR) is 88.7 cm³/mol. The third-order valence-electron chi connectivity index (χ3n) is 3.09. The summed E-state index contributed by atoms with van der Waals surface area (Å²) < 4.78 is 10.4. The Kier molecular flexibility index (Phi) is 5.16. The lowest BCUT2D eigenvalue weighted by atomic mass is 10.1. The molecule has 2 aromatic rings. The fourth-order valence-corrected chi connectivity index (χ4v) is 2.50. The third kappa shape index (κ3) is 3.46. The van der Waals surface area contributed by atoms with Crippen LogP contribution in [0.1, 0.15) is 15.9 Å². The minimum Gasteiger partial charge on any atom is -0.495 e. The zero-order valence-electron chi connectivity index (χ0n) is 12.4. The number of hydrogen-bond acceptors (Lipinski definition) is 3. The van der Waals surface area contributed by atoms with E-state index in [0.717, 1.165) is 5.56 Å². The Morgan fingerprint density at radius 1 is 1.00 bits per heavy atom. The SMILES string of the molecule is COc1cc(NC(=O)c2ccc(C)cc2Cl)c(OC)cc1Cl. The summed E-state index contributed by atoms with van der Waals surface area (Å²) in [5.74, 6) is 0.530. The van der Waals surface area contributed by atoms with Crippen LogP contribution in [0.4, 0.5) is 5.69 Å². The van der Waals surface area contributed by atoms with Crippen molar-refractivity contribution < 1.29 is 14.3 Å². The number of aryl methyl sites for hydroxylation is 1. The van der Waals surface area contributed by atoms with E-state index in [1.54, 1.807) is 24.3 Å². The number of benzene rings is 2. The highest BCUT2D eigenvalue weighted by molar-refractivity contribution is 6.34. The van der Waals surface area contributed by atoms with E-state index in [0.29, 0.717) is 32.8 Å². The van der Waals surface area contributed by atoms with Crippen LogP contribution in [0, 0.1) is 6.92 Å². The van der Waals surface area contributed by atoms with Crippen LogP contribution in [0.3, 0.4) is 0 Å². The molecule has 116 valence electrons. The summed E-state index contributed by atoms with van der Waals surface area (Å²) in [6.45, 7) is 1.90. The van der Waals surface area contributed by atoms with E-state index in [1.807, 2.05) is 13.0 Å². The lowest BCUT2D eigenvalue weighted by molar-refractivity contribution is 0.102. The highest BCUT2D eigenvalue weighted by atomic mass is 35.5. The quantitative estimate of drug-likeness (QED) is 0.887. The van der Waals surface area contributed by atoms with E-state index < -0.39 is 0 Å². The van der Waals surface area contributed by atoms with E-state index in [1.165, 1.54) is 14.2 Å². The Morgan fingerprint density at radius 2 is 1.68 bits per heavy atom. The molecule has 0 saturated carbocycles. The Morgan fingerprint density at radius 3 is 2.27 bits per heavy atom. The van der Waals surface area contributed by atoms with Gasteiger partial charge < -0.3 is 14.8 Å². The van der Waals surface area contributed by atoms with E-state index in [-0.39, 0.29) is 5.91 Å². The summed E-state index contributed by atoms with van der Waals surface area (Å²) in [7, 11) is 2.99. The van der Waals surface area contributed by atoms with Crippen molar-refractivity contribution in [2.24, 2.45) is 0 Å². The topological polar surface area (TPSA) is 47.6 Å². The molecule has 2 rings (SSSR count). The number of ether oxygens (including phenoxy) is 2. The highest BCUT2D eigenvalue weighted by Crippen LogP contribution is 2.36. The van der Waals surface area contributed by atoms with Crippen LogP contribution in [0.15, 0.2) is 30.3 Å². The fourth-order valence-electron chi connectivity index (χ4n) is 1.95. The lowest BCUT2D eigenvalue weighted by Gasteiger charge is -2.13. The first kappa shape index (κ1) is 16.5. The minimum atomic E-state index is -0.340. The molecule has 4 nitrogen and oxygen atoms in total. The molecule has 0 unspecified atom stereocenters. The molecular weight excluding hydrogens is 325 g/mol. The molecule has 2 aromatic carbocycles. The van der Waals surface area contributed by atoms with Gasteiger partial charge in [0, 0.05) is 12.1 Å². The number of anilines is 1. The van der Waals surface area contributed by atoms with E-state index >= 15 is 0 Å². The summed E-state index contributed by atoms with van der Waals surface area (Å²) in [6.07, 6.45) is 0. The largest absolute Gasteiger partial charge is 0.495 e. The number of amides is 1. The average molecular weight is 340 g/mol. The third-order valence-corrected chi connectivity index (χ3v) is 3.70. The molecule has 0 radical (unpaired) electrons. The molecule has 0 aromatic heterocycles. The number of carbonyl (C=O) groups excluding carboxylic acids is 1. The second kappa shape index (κ2) is 6.90. The molecule has 0 aliphatic rings. The van der Waals surface area contributed by atoms with Gasteiger partial charge in [-0.3, -0.25) is 4.79 Å². The lowest BCUT2D eigenvalue weighted by Crippen LogP contribution is -2.13. The van der Waals surface area contributed by atoms with E-state index in [4.69, 9.17) is 32.7 Å². The van der Waals surface area contributed by atoms with Gasteiger partial charge in [-0.05, 0) is 24.6 Å². The van der Waals surface area contributed by atoms with Crippen LogP contribution in [0.5, 0.6) is 11.5 Å². The second-order valence-corrected chi connectivity index (χ2v) is 5.44. The van der Waals surface area contributed by atoms with Crippen molar-refractivity contribution in [3.63, 3.8) is 0 Å². The molecule has 1 N–H and O–H groups in total. The Hall–Kier alpha value is -1.91. The summed E-state index contributed by atoms with van der Waals surface area (Å²) in [5, 5.41) is 3.53. The van der Waals surface area contributed by atoms with Crippen LogP contribution in [-0.2, 0) is 0 Å². The molecule has 0 atom stereocenters. The first-order chi connectivity index (χ1) is 10.5. The molecule has 0 fully saturated rings. The van der Waals surface area contributed by atoms with Gasteiger partial charge in [0.2, 0.25) is 0 Å². The van der Waals surface area contributed by atoms with Gasteiger partial charge in [-0.1, -0.05) is 29.3 Å². The molecule has 1 amide bonds. The van der Waals surface area contributed by atoms with E-state index in [9.17, 15) is 4.79 Å². The van der Waals surface area contributed by atoms with Crippen molar-refractivity contribution >= 4 is 34.8 Å². The van der Waals surface area contributed by atoms with Crippen molar-refractivity contribution in [2.75, 3.05) is 19.5 Å². The van der Waals surface area contributed by atoms with Gasteiger partial charge in [0.05, 0.1) is 35.5 Å². The molecular formula is C16H15Cl2NO3. The molecule has 0 bridgehead atoms. The van der Waals surface area contributed by atoms with Crippen LogP contribution in [0.25, 0.3) is 0 Å². The number of methoxy groups -OCH3 is 2. The Bertz CT molecular complexity index is 717. The molecule has 0 aliphatic carbocycles. The number of carbonyl (C=O) groups is 1. The van der Waals surface area contributed by atoms with Gasteiger partial charge in [-0.15, -0.1) is 0 Å². The van der Waals surface area contributed by atoms with Crippen LogP contribution in [-0.4, -0.2) is 20.1 Å². The van der Waals surface area contributed by atoms with Crippen LogP contribution < -0.4 is 14.8 Å². The monoisotopic (exact) mass is 339 g/mol. The normalized spacial score (nSPS) is 10.2. The van der Waals surface area contributed by atoms with Gasteiger partial charge in [-0.2, -0.15) is 0 Å². The minimum absolute atomic E-state index is 0.340. The predicted octanol–water partition coefficient (Wildman–Crippen LogP) is 4.57.